The molecule has 0 bridgehead atoms. The molecule has 3 N–H and O–H groups in total. The molecule has 6 heteroatoms. The zero-order chi connectivity index (χ0) is 16.6. The predicted molar refractivity (Wildman–Crippen MR) is 80.6 cm³/mol. The van der Waals surface area contributed by atoms with Gasteiger partial charge in [-0.25, -0.2) is 30.6 Å². The summed E-state index contributed by atoms with van der Waals surface area (Å²) in [6.45, 7) is 0. The minimum atomic E-state index is 0.750. The maximum absolute atomic E-state index is 8.35. The molecule has 6 nitrogen and oxygen atoms in total. The lowest BCUT2D eigenvalue weighted by Crippen LogP contribution is -1.85. The molecule has 0 spiro atoms. The van der Waals surface area contributed by atoms with E-state index in [2.05, 4.69) is 0 Å². The highest BCUT2D eigenvalue weighted by Crippen LogP contribution is 2.15. The van der Waals surface area contributed by atoms with Crippen molar-refractivity contribution in [3.05, 3.63) is 0 Å². The number of carbonyl (C=O) groups excluding carboxylic acids is 3. The van der Waals surface area contributed by atoms with Gasteiger partial charge in [-0.05, 0) is 0 Å². The van der Waals surface area contributed by atoms with Crippen LogP contribution in [0.15, 0.2) is 0 Å². The molecule has 2 aliphatic carbocycles. The number of isocyanates is 3. The first-order chi connectivity index (χ1) is 10.2. The van der Waals surface area contributed by atoms with Crippen LogP contribution in [0.3, 0.4) is 0 Å². The zero-order valence-corrected chi connectivity index (χ0v) is 12.7. The first-order valence-corrected chi connectivity index (χ1v) is 7.36. The molecular formula is C15H27N3O3. The Hall–Kier alpha value is -1.86. The van der Waals surface area contributed by atoms with Crippen molar-refractivity contribution in [2.45, 2.75) is 77.0 Å². The molecule has 0 aromatic rings. The van der Waals surface area contributed by atoms with Gasteiger partial charge >= 0.3 is 0 Å². The monoisotopic (exact) mass is 297 g/mol. The molecule has 21 heavy (non-hydrogen) atoms. The van der Waals surface area contributed by atoms with E-state index in [9.17, 15) is 0 Å². The fourth-order valence-electron chi connectivity index (χ4n) is 2.12. The molecule has 0 unspecified atom stereocenters. The molecule has 0 radical (unpaired) electrons. The molecule has 0 heterocycles. The minimum Gasteiger partial charge on any atom is -0.222 e. The van der Waals surface area contributed by atoms with E-state index in [0.29, 0.717) is 0 Å². The second-order valence-corrected chi connectivity index (χ2v) is 4.55. The van der Waals surface area contributed by atoms with Crippen LogP contribution in [0.25, 0.3) is 0 Å². The van der Waals surface area contributed by atoms with Gasteiger partial charge in [0, 0.05) is 0 Å². The van der Waals surface area contributed by atoms with Crippen molar-refractivity contribution in [1.29, 1.82) is 16.2 Å². The van der Waals surface area contributed by atoms with Gasteiger partial charge in [-0.1, -0.05) is 77.0 Å². The van der Waals surface area contributed by atoms with Crippen molar-refractivity contribution in [2.24, 2.45) is 0 Å². The molecular weight excluding hydrogens is 270 g/mol. The summed E-state index contributed by atoms with van der Waals surface area (Å²) in [5.41, 5.74) is 0. The van der Waals surface area contributed by atoms with Gasteiger partial charge in [0.15, 0.2) is 0 Å². The van der Waals surface area contributed by atoms with Crippen LogP contribution in [0, 0.1) is 16.2 Å². The molecule has 0 saturated heterocycles. The van der Waals surface area contributed by atoms with E-state index >= 15 is 0 Å². The maximum atomic E-state index is 8.35. The third-order valence-electron chi connectivity index (χ3n) is 3.00. The van der Waals surface area contributed by atoms with Crippen molar-refractivity contribution in [3.63, 3.8) is 0 Å². The van der Waals surface area contributed by atoms with Crippen molar-refractivity contribution in [2.75, 3.05) is 0 Å². The smallest absolute Gasteiger partial charge is 0.222 e. The summed E-state index contributed by atoms with van der Waals surface area (Å²) in [6.07, 6.45) is 20.2. The van der Waals surface area contributed by atoms with Gasteiger partial charge in [-0.3, -0.25) is 0 Å². The van der Waals surface area contributed by atoms with Gasteiger partial charge in [-0.15, -0.1) is 0 Å². The molecule has 2 rings (SSSR count). The van der Waals surface area contributed by atoms with Crippen LogP contribution < -0.4 is 0 Å². The average Bonchev–Trinajstić information content (AvgIpc) is 2.54. The SMILES string of the molecule is C1CCCCC1.C1CCCCC1.N=C=O.N=C=O.N=C=O. The molecule has 2 saturated carbocycles. The molecule has 120 valence electrons. The Balaban J connectivity index is -0.000000204. The Morgan fingerprint density at radius 1 is 0.381 bits per heavy atom. The van der Waals surface area contributed by atoms with Crippen LogP contribution in [0.2, 0.25) is 0 Å². The minimum absolute atomic E-state index is 0.750. The fraction of sp³-hybridized carbons (Fsp3) is 0.800. The van der Waals surface area contributed by atoms with E-state index in [4.69, 9.17) is 30.6 Å². The lowest BCUT2D eigenvalue weighted by atomic mass is 10.0. The summed E-state index contributed by atoms with van der Waals surface area (Å²) >= 11 is 0. The third-order valence-corrected chi connectivity index (χ3v) is 3.00. The Morgan fingerprint density at radius 2 is 0.429 bits per heavy atom. The molecule has 0 aliphatic heterocycles. The number of rotatable bonds is 0. The largest absolute Gasteiger partial charge is 0.231 e. The second-order valence-electron chi connectivity index (χ2n) is 4.55. The van der Waals surface area contributed by atoms with Gasteiger partial charge in [0.2, 0.25) is 18.2 Å². The van der Waals surface area contributed by atoms with Crippen LogP contribution >= 0.6 is 0 Å². The highest BCUT2D eigenvalue weighted by molar-refractivity contribution is 5.26. The van der Waals surface area contributed by atoms with Crippen LogP contribution in [-0.4, -0.2) is 18.2 Å². The van der Waals surface area contributed by atoms with E-state index in [1.54, 1.807) is 0 Å². The second kappa shape index (κ2) is 30.9. The molecule has 0 atom stereocenters. The summed E-state index contributed by atoms with van der Waals surface area (Å²) in [7, 11) is 0. The van der Waals surface area contributed by atoms with E-state index in [1.807, 2.05) is 0 Å². The number of hydrogen-bond donors (Lipinski definition) is 3. The fourth-order valence-corrected chi connectivity index (χ4v) is 2.12. The van der Waals surface area contributed by atoms with Crippen LogP contribution in [-0.2, 0) is 14.4 Å². The van der Waals surface area contributed by atoms with Crippen molar-refractivity contribution < 1.29 is 14.4 Å². The average molecular weight is 297 g/mol. The lowest BCUT2D eigenvalue weighted by Gasteiger charge is -2.05. The van der Waals surface area contributed by atoms with Crippen molar-refractivity contribution in [1.82, 2.24) is 0 Å². The Morgan fingerprint density at radius 3 is 0.476 bits per heavy atom. The molecule has 0 aromatic carbocycles. The normalized spacial score (nSPS) is 14.9. The highest BCUT2D eigenvalue weighted by atomic mass is 16.1. The molecule has 2 fully saturated rings. The first kappa shape index (κ1) is 24.2. The summed E-state index contributed by atoms with van der Waals surface area (Å²) in [5.74, 6) is 0. The van der Waals surface area contributed by atoms with Gasteiger partial charge in [0.25, 0.3) is 0 Å². The van der Waals surface area contributed by atoms with Gasteiger partial charge < -0.3 is 0 Å². The van der Waals surface area contributed by atoms with E-state index in [-0.39, 0.29) is 0 Å². The molecule has 2 aliphatic rings. The topological polar surface area (TPSA) is 123 Å². The van der Waals surface area contributed by atoms with Gasteiger partial charge in [-0.2, -0.15) is 0 Å². The van der Waals surface area contributed by atoms with Gasteiger partial charge in [0.05, 0.1) is 0 Å². The summed E-state index contributed by atoms with van der Waals surface area (Å²) in [4.78, 5) is 25.0. The zero-order valence-electron chi connectivity index (χ0n) is 12.7. The van der Waals surface area contributed by atoms with Crippen LogP contribution in [0.4, 0.5) is 0 Å². The quantitative estimate of drug-likeness (QED) is 0.454. The predicted octanol–water partition coefficient (Wildman–Crippen LogP) is 4.38. The van der Waals surface area contributed by atoms with Crippen LogP contribution in [0.1, 0.15) is 77.0 Å². The number of hydrogen-bond acceptors (Lipinski definition) is 6. The summed E-state index contributed by atoms with van der Waals surface area (Å²) in [6, 6.07) is 0. The summed E-state index contributed by atoms with van der Waals surface area (Å²) in [5, 5.41) is 16.2. The van der Waals surface area contributed by atoms with E-state index in [1.165, 1.54) is 77.0 Å². The molecule has 0 amide bonds. The lowest BCUT2D eigenvalue weighted by molar-refractivity contribution is 0.504. The Labute approximate surface area is 126 Å². The van der Waals surface area contributed by atoms with E-state index < -0.39 is 0 Å². The van der Waals surface area contributed by atoms with Gasteiger partial charge in [0.1, 0.15) is 0 Å². The summed E-state index contributed by atoms with van der Waals surface area (Å²) < 4.78 is 0. The Bertz CT molecular complexity index is 217. The Kier molecular flexibility index (Phi) is 35.5. The molecule has 0 aromatic heterocycles. The van der Waals surface area contributed by atoms with E-state index in [0.717, 1.165) is 18.2 Å². The maximum Gasteiger partial charge on any atom is 0.231 e. The van der Waals surface area contributed by atoms with Crippen molar-refractivity contribution >= 4 is 18.2 Å². The number of nitrogens with one attached hydrogen (secondary N) is 3. The standard InChI is InChI=1S/2C6H12.3CHNO/c2*1-2-4-6-5-3-1;3*2-1-3/h2*1-6H2;3*2H. The highest BCUT2D eigenvalue weighted by Gasteiger charge is 1.96. The van der Waals surface area contributed by atoms with Crippen molar-refractivity contribution in [3.8, 4) is 0 Å². The third kappa shape index (κ3) is 46.0. The first-order valence-electron chi connectivity index (χ1n) is 7.36. The van der Waals surface area contributed by atoms with Crippen LogP contribution in [0.5, 0.6) is 0 Å².